The second-order valence-electron chi connectivity index (χ2n) is 9.81. The van der Waals surface area contributed by atoms with Crippen molar-refractivity contribution in [3.63, 3.8) is 0 Å². The molecular formula is C30H28N6O3S2. The van der Waals surface area contributed by atoms with Gasteiger partial charge in [0, 0.05) is 23.3 Å². The maximum absolute atomic E-state index is 13.0. The fourth-order valence-electron chi connectivity index (χ4n) is 4.68. The third-order valence-electron chi connectivity index (χ3n) is 6.85. The van der Waals surface area contributed by atoms with Crippen molar-refractivity contribution in [2.75, 3.05) is 10.0 Å². The van der Waals surface area contributed by atoms with Crippen LogP contribution in [0, 0.1) is 18.3 Å². The Labute approximate surface area is 243 Å². The van der Waals surface area contributed by atoms with Crippen molar-refractivity contribution < 1.29 is 13.2 Å². The van der Waals surface area contributed by atoms with Crippen molar-refractivity contribution in [3.05, 3.63) is 101 Å². The average molecular weight is 585 g/mol. The Morgan fingerprint density at radius 3 is 2.56 bits per heavy atom. The molecule has 0 saturated heterocycles. The molecule has 2 heterocycles. The lowest BCUT2D eigenvalue weighted by molar-refractivity contribution is -0.115. The summed E-state index contributed by atoms with van der Waals surface area (Å²) in [6, 6.07) is 22.0. The second kappa shape index (κ2) is 12.1. The zero-order valence-electron chi connectivity index (χ0n) is 22.5. The van der Waals surface area contributed by atoms with Gasteiger partial charge >= 0.3 is 0 Å². The Hall–Kier alpha value is -4.27. The molecule has 0 saturated carbocycles. The van der Waals surface area contributed by atoms with E-state index in [2.05, 4.69) is 38.2 Å². The standard InChI is InChI=1S/C30H28N6O3S2/c1-19-14-15-32-30(33-19)36-41(38,39)26-11-9-25(10-12-26)34-28(37)20(2)40-29-24(18-31)17-23-16-22(8-13-27(23)35-29)21-6-4-3-5-7-21/h3-7,9-12,14-15,17,20,22H,8,13,16H2,1-2H3,(H,34,37)(H,32,33,36). The van der Waals surface area contributed by atoms with Gasteiger partial charge in [-0.15, -0.1) is 0 Å². The number of fused-ring (bicyclic) bond motifs is 1. The van der Waals surface area contributed by atoms with E-state index in [1.165, 1.54) is 47.8 Å². The molecule has 11 heteroatoms. The maximum Gasteiger partial charge on any atom is 0.264 e. The lowest BCUT2D eigenvalue weighted by Crippen LogP contribution is -2.23. The minimum absolute atomic E-state index is 0.00875. The first-order valence-electron chi connectivity index (χ1n) is 13.1. The number of nitrogens with zero attached hydrogens (tertiary/aromatic N) is 4. The molecule has 208 valence electrons. The number of hydrogen-bond donors (Lipinski definition) is 2. The molecule has 1 aliphatic rings. The van der Waals surface area contributed by atoms with Gasteiger partial charge in [0.05, 0.1) is 15.7 Å². The molecule has 2 unspecified atom stereocenters. The van der Waals surface area contributed by atoms with E-state index >= 15 is 0 Å². The molecule has 2 atom stereocenters. The number of hydrogen-bond acceptors (Lipinski definition) is 8. The highest BCUT2D eigenvalue weighted by molar-refractivity contribution is 8.00. The maximum atomic E-state index is 13.0. The summed E-state index contributed by atoms with van der Waals surface area (Å²) in [6.45, 7) is 3.48. The van der Waals surface area contributed by atoms with Crippen LogP contribution < -0.4 is 10.0 Å². The van der Waals surface area contributed by atoms with Crippen molar-refractivity contribution in [2.24, 2.45) is 0 Å². The van der Waals surface area contributed by atoms with E-state index in [1.54, 1.807) is 19.9 Å². The number of nitriles is 1. The van der Waals surface area contributed by atoms with Gasteiger partial charge in [0.25, 0.3) is 10.0 Å². The number of carbonyl (C=O) groups excluding carboxylic acids is 1. The van der Waals surface area contributed by atoms with E-state index in [0.717, 1.165) is 30.5 Å². The van der Waals surface area contributed by atoms with Gasteiger partial charge in [-0.25, -0.2) is 28.1 Å². The highest BCUT2D eigenvalue weighted by Crippen LogP contribution is 2.35. The topological polar surface area (TPSA) is 138 Å². The number of carbonyl (C=O) groups is 1. The van der Waals surface area contributed by atoms with E-state index in [1.807, 2.05) is 24.3 Å². The summed E-state index contributed by atoms with van der Waals surface area (Å²) in [5.74, 6) is 0.0921. The molecule has 0 aliphatic heterocycles. The van der Waals surface area contributed by atoms with Crippen LogP contribution in [0.2, 0.25) is 0 Å². The molecule has 2 N–H and O–H groups in total. The van der Waals surface area contributed by atoms with Crippen LogP contribution in [0.1, 0.15) is 47.3 Å². The van der Waals surface area contributed by atoms with Crippen LogP contribution in [0.4, 0.5) is 11.6 Å². The minimum atomic E-state index is -3.90. The largest absolute Gasteiger partial charge is 0.325 e. The van der Waals surface area contributed by atoms with Crippen LogP contribution in [-0.4, -0.2) is 34.5 Å². The monoisotopic (exact) mass is 584 g/mol. The first kappa shape index (κ1) is 28.3. The minimum Gasteiger partial charge on any atom is -0.325 e. The smallest absolute Gasteiger partial charge is 0.264 e. The summed E-state index contributed by atoms with van der Waals surface area (Å²) in [6.07, 6.45) is 4.10. The molecule has 1 aliphatic carbocycles. The first-order chi connectivity index (χ1) is 19.7. The van der Waals surface area contributed by atoms with E-state index < -0.39 is 15.3 Å². The summed E-state index contributed by atoms with van der Waals surface area (Å²) in [5.41, 5.74) is 4.89. The summed E-state index contributed by atoms with van der Waals surface area (Å²) in [7, 11) is -3.90. The van der Waals surface area contributed by atoms with Crippen LogP contribution in [0.25, 0.3) is 0 Å². The quantitative estimate of drug-likeness (QED) is 0.268. The molecule has 5 rings (SSSR count). The lowest BCUT2D eigenvalue weighted by Gasteiger charge is -2.25. The van der Waals surface area contributed by atoms with Gasteiger partial charge < -0.3 is 5.32 Å². The van der Waals surface area contributed by atoms with Crippen molar-refractivity contribution in [3.8, 4) is 6.07 Å². The predicted octanol–water partition coefficient (Wildman–Crippen LogP) is 5.24. The Morgan fingerprint density at radius 1 is 1.10 bits per heavy atom. The van der Waals surface area contributed by atoms with Crippen molar-refractivity contribution in [1.82, 2.24) is 15.0 Å². The fourth-order valence-corrected chi connectivity index (χ4v) is 6.53. The number of benzene rings is 2. The zero-order valence-corrected chi connectivity index (χ0v) is 24.2. The number of aryl methyl sites for hydroxylation is 2. The Bertz CT molecular complexity index is 1720. The van der Waals surface area contributed by atoms with Gasteiger partial charge in [0.2, 0.25) is 11.9 Å². The molecule has 0 radical (unpaired) electrons. The van der Waals surface area contributed by atoms with Crippen molar-refractivity contribution >= 4 is 39.3 Å². The van der Waals surface area contributed by atoms with Gasteiger partial charge in [-0.2, -0.15) is 5.26 Å². The van der Waals surface area contributed by atoms with Crippen molar-refractivity contribution in [1.29, 1.82) is 5.26 Å². The van der Waals surface area contributed by atoms with Gasteiger partial charge in [-0.1, -0.05) is 42.1 Å². The SMILES string of the molecule is Cc1ccnc(NS(=O)(=O)c2ccc(NC(=O)C(C)Sc3nc4c(cc3C#N)CC(c3ccccc3)CC4)cc2)n1. The van der Waals surface area contributed by atoms with E-state index in [-0.39, 0.29) is 16.8 Å². The van der Waals surface area contributed by atoms with Gasteiger partial charge in [-0.05, 0) is 86.6 Å². The number of sulfonamides is 1. The van der Waals surface area contributed by atoms with Crippen LogP contribution in [0.5, 0.6) is 0 Å². The predicted molar refractivity (Wildman–Crippen MR) is 158 cm³/mol. The molecule has 9 nitrogen and oxygen atoms in total. The van der Waals surface area contributed by atoms with E-state index in [9.17, 15) is 18.5 Å². The Kier molecular flexibility index (Phi) is 8.33. The third kappa shape index (κ3) is 6.73. The van der Waals surface area contributed by atoms with Crippen LogP contribution in [-0.2, 0) is 27.7 Å². The zero-order chi connectivity index (χ0) is 29.0. The highest BCUT2D eigenvalue weighted by Gasteiger charge is 2.25. The molecule has 0 fully saturated rings. The Morgan fingerprint density at radius 2 is 1.85 bits per heavy atom. The fraction of sp³-hybridized carbons (Fsp3) is 0.233. The van der Waals surface area contributed by atoms with Gasteiger partial charge in [0.1, 0.15) is 11.1 Å². The number of amides is 1. The summed E-state index contributed by atoms with van der Waals surface area (Å²) in [5, 5.41) is 12.6. The molecule has 2 aromatic heterocycles. The Balaban J connectivity index is 1.23. The first-order valence-corrected chi connectivity index (χ1v) is 15.5. The molecule has 0 spiro atoms. The van der Waals surface area contributed by atoms with Gasteiger partial charge in [0.15, 0.2) is 0 Å². The highest BCUT2D eigenvalue weighted by atomic mass is 32.2. The number of thioether (sulfide) groups is 1. The van der Waals surface area contributed by atoms with Crippen molar-refractivity contribution in [2.45, 2.75) is 54.2 Å². The number of aromatic nitrogens is 3. The lowest BCUT2D eigenvalue weighted by atomic mass is 9.82. The molecular weight excluding hydrogens is 557 g/mol. The number of nitrogens with one attached hydrogen (secondary N) is 2. The second-order valence-corrected chi connectivity index (χ2v) is 12.8. The van der Waals surface area contributed by atoms with Crippen LogP contribution in [0.3, 0.4) is 0 Å². The molecule has 2 aromatic carbocycles. The van der Waals surface area contributed by atoms with E-state index in [0.29, 0.717) is 27.9 Å². The molecule has 41 heavy (non-hydrogen) atoms. The molecule has 1 amide bonds. The summed E-state index contributed by atoms with van der Waals surface area (Å²) < 4.78 is 27.7. The summed E-state index contributed by atoms with van der Waals surface area (Å²) in [4.78, 5) is 25.8. The van der Waals surface area contributed by atoms with Gasteiger partial charge in [-0.3, -0.25) is 4.79 Å². The number of pyridine rings is 1. The summed E-state index contributed by atoms with van der Waals surface area (Å²) >= 11 is 1.24. The molecule has 0 bridgehead atoms. The average Bonchev–Trinajstić information content (AvgIpc) is 2.97. The molecule has 4 aromatic rings. The van der Waals surface area contributed by atoms with Crippen LogP contribution in [0.15, 0.2) is 82.8 Å². The number of anilines is 2. The normalized spacial score (nSPS) is 15.3. The number of rotatable bonds is 8. The van der Waals surface area contributed by atoms with E-state index in [4.69, 9.17) is 4.98 Å². The van der Waals surface area contributed by atoms with Crippen LogP contribution >= 0.6 is 11.8 Å². The third-order valence-corrected chi connectivity index (χ3v) is 9.30.